The standard InChI is InChI=1S/C13H19N3O2S/c1-4-6-7-16(5-2)12-9(8-14)10(15)11(19-12)13(17)18-3/h4-7,15H2,1-3H3. The van der Waals surface area contributed by atoms with Crippen molar-refractivity contribution in [1.29, 1.82) is 5.26 Å². The van der Waals surface area contributed by atoms with Gasteiger partial charge in [0.25, 0.3) is 0 Å². The molecule has 1 heterocycles. The molecule has 1 rings (SSSR count). The molecule has 6 heteroatoms. The summed E-state index contributed by atoms with van der Waals surface area (Å²) in [6, 6.07) is 2.09. The first-order valence-electron chi connectivity index (χ1n) is 6.26. The second-order valence-corrected chi connectivity index (χ2v) is 5.06. The predicted octanol–water partition coefficient (Wildman–Crippen LogP) is 2.61. The lowest BCUT2D eigenvalue weighted by atomic mass is 10.2. The summed E-state index contributed by atoms with van der Waals surface area (Å²) in [6.07, 6.45) is 2.10. The van der Waals surface area contributed by atoms with E-state index in [9.17, 15) is 10.1 Å². The fourth-order valence-corrected chi connectivity index (χ4v) is 2.94. The van der Waals surface area contributed by atoms with E-state index in [1.807, 2.05) is 6.92 Å². The summed E-state index contributed by atoms with van der Waals surface area (Å²) in [7, 11) is 1.31. The van der Waals surface area contributed by atoms with Gasteiger partial charge in [0.05, 0.1) is 12.8 Å². The summed E-state index contributed by atoms with van der Waals surface area (Å²) < 4.78 is 4.69. The van der Waals surface area contributed by atoms with Crippen LogP contribution < -0.4 is 10.6 Å². The maximum absolute atomic E-state index is 11.6. The Morgan fingerprint density at radius 1 is 1.53 bits per heavy atom. The number of methoxy groups -OCH3 is 1. The van der Waals surface area contributed by atoms with Crippen molar-refractivity contribution in [2.75, 3.05) is 30.8 Å². The number of thiophene rings is 1. The van der Waals surface area contributed by atoms with Gasteiger partial charge in [-0.2, -0.15) is 5.26 Å². The molecule has 0 spiro atoms. The van der Waals surface area contributed by atoms with Crippen molar-refractivity contribution in [3.63, 3.8) is 0 Å². The van der Waals surface area contributed by atoms with Gasteiger partial charge in [-0.05, 0) is 13.3 Å². The molecule has 0 atom stereocenters. The van der Waals surface area contributed by atoms with Gasteiger partial charge in [0.15, 0.2) is 0 Å². The lowest BCUT2D eigenvalue weighted by Crippen LogP contribution is -2.23. The van der Waals surface area contributed by atoms with Gasteiger partial charge in [0, 0.05) is 13.1 Å². The molecule has 0 amide bonds. The number of nitriles is 1. The lowest BCUT2D eigenvalue weighted by molar-refractivity contribution is 0.0607. The first kappa shape index (κ1) is 15.3. The molecule has 0 aliphatic heterocycles. The zero-order valence-electron chi connectivity index (χ0n) is 11.5. The summed E-state index contributed by atoms with van der Waals surface area (Å²) in [5.41, 5.74) is 6.48. The van der Waals surface area contributed by atoms with Gasteiger partial charge >= 0.3 is 5.97 Å². The third-order valence-electron chi connectivity index (χ3n) is 2.86. The van der Waals surface area contributed by atoms with Crippen LogP contribution in [0, 0.1) is 11.3 Å². The van der Waals surface area contributed by atoms with Crippen LogP contribution in [0.5, 0.6) is 0 Å². The number of nitrogens with zero attached hydrogens (tertiary/aromatic N) is 2. The molecule has 104 valence electrons. The van der Waals surface area contributed by atoms with E-state index in [2.05, 4.69) is 22.6 Å². The van der Waals surface area contributed by atoms with E-state index in [4.69, 9.17) is 5.73 Å². The minimum atomic E-state index is -0.489. The Morgan fingerprint density at radius 2 is 2.21 bits per heavy atom. The molecular formula is C13H19N3O2S. The number of esters is 1. The van der Waals surface area contributed by atoms with Gasteiger partial charge in [-0.3, -0.25) is 0 Å². The van der Waals surface area contributed by atoms with Gasteiger partial charge in [0.2, 0.25) is 0 Å². The van der Waals surface area contributed by atoms with Crippen molar-refractivity contribution in [2.24, 2.45) is 0 Å². The van der Waals surface area contributed by atoms with Crippen LogP contribution >= 0.6 is 11.3 Å². The Balaban J connectivity index is 3.19. The van der Waals surface area contributed by atoms with Gasteiger partial charge in [0.1, 0.15) is 21.5 Å². The first-order valence-corrected chi connectivity index (χ1v) is 7.07. The zero-order valence-corrected chi connectivity index (χ0v) is 12.3. The molecule has 19 heavy (non-hydrogen) atoms. The second-order valence-electron chi connectivity index (χ2n) is 4.06. The monoisotopic (exact) mass is 281 g/mol. The molecule has 5 nitrogen and oxygen atoms in total. The number of nitrogen functional groups attached to an aromatic ring is 1. The zero-order chi connectivity index (χ0) is 14.4. The highest BCUT2D eigenvalue weighted by Gasteiger charge is 2.24. The molecule has 0 fully saturated rings. The summed E-state index contributed by atoms with van der Waals surface area (Å²) >= 11 is 1.23. The van der Waals surface area contributed by atoms with E-state index >= 15 is 0 Å². The molecule has 0 bridgehead atoms. The quantitative estimate of drug-likeness (QED) is 0.811. The van der Waals surface area contributed by atoms with Crippen molar-refractivity contribution in [3.8, 4) is 6.07 Å². The molecule has 0 unspecified atom stereocenters. The van der Waals surface area contributed by atoms with E-state index < -0.39 is 5.97 Å². The van der Waals surface area contributed by atoms with Crippen LogP contribution in [0.15, 0.2) is 0 Å². The number of anilines is 2. The maximum atomic E-state index is 11.6. The van der Waals surface area contributed by atoms with Crippen molar-refractivity contribution in [1.82, 2.24) is 0 Å². The highest BCUT2D eigenvalue weighted by molar-refractivity contribution is 7.18. The Bertz CT molecular complexity index is 491. The number of ether oxygens (including phenoxy) is 1. The van der Waals surface area contributed by atoms with Crippen LogP contribution in [0.3, 0.4) is 0 Å². The minimum absolute atomic E-state index is 0.226. The van der Waals surface area contributed by atoms with Gasteiger partial charge < -0.3 is 15.4 Å². The smallest absolute Gasteiger partial charge is 0.350 e. The predicted molar refractivity (Wildman–Crippen MR) is 77.6 cm³/mol. The van der Waals surface area contributed by atoms with Crippen LogP contribution in [0.2, 0.25) is 0 Å². The number of rotatable bonds is 6. The number of hydrogen-bond acceptors (Lipinski definition) is 6. The summed E-state index contributed by atoms with van der Waals surface area (Å²) in [5.74, 6) is -0.489. The van der Waals surface area contributed by atoms with Crippen molar-refractivity contribution in [3.05, 3.63) is 10.4 Å². The van der Waals surface area contributed by atoms with E-state index in [1.54, 1.807) is 0 Å². The topological polar surface area (TPSA) is 79.3 Å². The molecule has 0 aromatic carbocycles. The number of unbranched alkanes of at least 4 members (excludes halogenated alkanes) is 1. The molecule has 0 aliphatic carbocycles. The third-order valence-corrected chi connectivity index (χ3v) is 4.11. The Labute approximate surface area is 117 Å². The van der Waals surface area contributed by atoms with Gasteiger partial charge in [-0.15, -0.1) is 11.3 Å². The normalized spacial score (nSPS) is 10.0. The molecule has 0 radical (unpaired) electrons. The van der Waals surface area contributed by atoms with Crippen LogP contribution in [0.25, 0.3) is 0 Å². The molecule has 1 aromatic heterocycles. The Hall–Kier alpha value is -1.74. The Kier molecular flexibility index (Phi) is 5.64. The summed E-state index contributed by atoms with van der Waals surface area (Å²) in [6.45, 7) is 5.75. The van der Waals surface area contributed by atoms with Crippen molar-refractivity contribution < 1.29 is 9.53 Å². The van der Waals surface area contributed by atoms with E-state index in [0.717, 1.165) is 30.9 Å². The van der Waals surface area contributed by atoms with E-state index in [0.29, 0.717) is 10.4 Å². The van der Waals surface area contributed by atoms with Gasteiger partial charge in [-0.25, -0.2) is 4.79 Å². The number of nitrogens with two attached hydrogens (primary N) is 1. The van der Waals surface area contributed by atoms with Gasteiger partial charge in [-0.1, -0.05) is 13.3 Å². The molecule has 0 saturated carbocycles. The number of hydrogen-bond donors (Lipinski definition) is 1. The second kappa shape index (κ2) is 7.00. The van der Waals surface area contributed by atoms with E-state index in [-0.39, 0.29) is 5.69 Å². The molecular weight excluding hydrogens is 262 g/mol. The highest BCUT2D eigenvalue weighted by atomic mass is 32.1. The van der Waals surface area contributed by atoms with Crippen LogP contribution in [-0.2, 0) is 4.74 Å². The highest BCUT2D eigenvalue weighted by Crippen LogP contribution is 2.38. The molecule has 0 aliphatic rings. The van der Waals surface area contributed by atoms with Crippen LogP contribution in [-0.4, -0.2) is 26.2 Å². The van der Waals surface area contributed by atoms with Crippen molar-refractivity contribution >= 4 is 28.0 Å². The lowest BCUT2D eigenvalue weighted by Gasteiger charge is -2.21. The summed E-state index contributed by atoms with van der Waals surface area (Å²) in [4.78, 5) is 14.0. The van der Waals surface area contributed by atoms with Crippen molar-refractivity contribution in [2.45, 2.75) is 26.7 Å². The molecule has 2 N–H and O–H groups in total. The summed E-state index contributed by atoms with van der Waals surface area (Å²) in [5, 5.41) is 10.00. The fourth-order valence-electron chi connectivity index (χ4n) is 1.76. The van der Waals surface area contributed by atoms with Crippen LogP contribution in [0.4, 0.5) is 10.7 Å². The first-order chi connectivity index (χ1) is 9.10. The SMILES string of the molecule is CCCCN(CC)c1sc(C(=O)OC)c(N)c1C#N. The average Bonchev–Trinajstić information content (AvgIpc) is 2.76. The number of carbonyl (C=O) groups excluding carboxylic acids is 1. The molecule has 0 saturated heterocycles. The number of carbonyl (C=O) groups is 1. The molecule has 1 aromatic rings. The maximum Gasteiger partial charge on any atom is 0.350 e. The Morgan fingerprint density at radius 3 is 2.68 bits per heavy atom. The van der Waals surface area contributed by atoms with E-state index in [1.165, 1.54) is 18.4 Å². The fraction of sp³-hybridized carbons (Fsp3) is 0.538. The minimum Gasteiger partial charge on any atom is -0.465 e. The third kappa shape index (κ3) is 3.18. The largest absolute Gasteiger partial charge is 0.465 e. The average molecular weight is 281 g/mol. The van der Waals surface area contributed by atoms with Crippen LogP contribution in [0.1, 0.15) is 41.9 Å².